The maximum Gasteiger partial charge on any atom is 0.271 e. The van der Waals surface area contributed by atoms with Crippen LogP contribution in [0.2, 0.25) is 15.1 Å². The number of benzene rings is 2. The average Bonchev–Trinajstić information content (AvgIpc) is 3.44. The van der Waals surface area contributed by atoms with Crippen molar-refractivity contribution >= 4 is 56.6 Å². The van der Waals surface area contributed by atoms with Gasteiger partial charge in [-0.25, -0.2) is 13.1 Å². The second-order valence-electron chi connectivity index (χ2n) is 6.46. The number of sulfonamides is 1. The quantitative estimate of drug-likeness (QED) is 0.557. The number of carbonyl (C=O) groups is 2. The summed E-state index contributed by atoms with van der Waals surface area (Å²) in [6.45, 7) is 0. The van der Waals surface area contributed by atoms with Gasteiger partial charge in [-0.3, -0.25) is 20.4 Å². The molecule has 3 rings (SSSR count). The van der Waals surface area contributed by atoms with Gasteiger partial charge in [-0.2, -0.15) is 0 Å². The van der Waals surface area contributed by atoms with Gasteiger partial charge in [0.1, 0.15) is 4.90 Å². The molecule has 2 aromatic rings. The van der Waals surface area contributed by atoms with Crippen molar-refractivity contribution in [3.05, 3.63) is 62.6 Å². The first kappa shape index (κ1) is 21.9. The Labute approximate surface area is 182 Å². The highest BCUT2D eigenvalue weighted by Crippen LogP contribution is 2.30. The summed E-state index contributed by atoms with van der Waals surface area (Å²) in [5, 5.41) is 0.387. The second kappa shape index (κ2) is 8.89. The lowest BCUT2D eigenvalue weighted by molar-refractivity contribution is -0.121. The number of hydrazine groups is 1. The highest BCUT2D eigenvalue weighted by atomic mass is 35.5. The zero-order valence-electron chi connectivity index (χ0n) is 14.8. The summed E-state index contributed by atoms with van der Waals surface area (Å²) in [4.78, 5) is 24.2. The third-order valence-electron chi connectivity index (χ3n) is 4.05. The van der Waals surface area contributed by atoms with E-state index in [1.807, 2.05) is 0 Å². The Kier molecular flexibility index (Phi) is 6.70. The van der Waals surface area contributed by atoms with Gasteiger partial charge in [-0.1, -0.05) is 46.9 Å². The van der Waals surface area contributed by atoms with Gasteiger partial charge in [0.2, 0.25) is 15.9 Å². The molecular formula is C18H16Cl3N3O4S. The van der Waals surface area contributed by atoms with Gasteiger partial charge < -0.3 is 0 Å². The molecule has 0 atom stereocenters. The van der Waals surface area contributed by atoms with E-state index in [2.05, 4.69) is 15.6 Å². The molecule has 0 aromatic heterocycles. The molecule has 0 saturated heterocycles. The fraction of sp³-hybridized carbons (Fsp3) is 0.222. The molecule has 0 aliphatic heterocycles. The Bertz CT molecular complexity index is 1050. The molecule has 0 spiro atoms. The molecule has 0 heterocycles. The van der Waals surface area contributed by atoms with Gasteiger partial charge in [-0.05, 0) is 42.7 Å². The predicted octanol–water partition coefficient (Wildman–Crippen LogP) is 3.09. The molecule has 29 heavy (non-hydrogen) atoms. The Morgan fingerprint density at radius 1 is 0.966 bits per heavy atom. The lowest BCUT2D eigenvalue weighted by atomic mass is 10.1. The van der Waals surface area contributed by atoms with E-state index in [1.165, 1.54) is 6.07 Å². The number of hydrogen-bond acceptors (Lipinski definition) is 4. The van der Waals surface area contributed by atoms with Crippen LogP contribution in [-0.4, -0.2) is 26.3 Å². The van der Waals surface area contributed by atoms with E-state index in [-0.39, 0.29) is 33.0 Å². The molecule has 1 aliphatic rings. The SMILES string of the molecule is O=C(Cc1ccc(Cl)cc1)NNC(=O)c1cc(S(=O)(=O)NC2CC2)c(Cl)cc1Cl. The van der Waals surface area contributed by atoms with Crippen LogP contribution in [0.5, 0.6) is 0 Å². The standard InChI is InChI=1S/C18H16Cl3N3O4S/c19-11-3-1-10(2-4-11)7-17(25)22-23-18(26)13-8-16(15(21)9-14(13)20)29(27,28)24-12-5-6-12/h1-4,8-9,12,24H,5-7H2,(H,22,25)(H,23,26). The normalized spacial score (nSPS) is 13.8. The van der Waals surface area contributed by atoms with Crippen LogP contribution in [0.25, 0.3) is 0 Å². The summed E-state index contributed by atoms with van der Waals surface area (Å²) in [6, 6.07) is 8.79. The molecule has 0 bridgehead atoms. The Balaban J connectivity index is 1.69. The van der Waals surface area contributed by atoms with Crippen LogP contribution in [0.4, 0.5) is 0 Å². The highest BCUT2D eigenvalue weighted by molar-refractivity contribution is 7.89. The molecule has 0 unspecified atom stereocenters. The van der Waals surface area contributed by atoms with E-state index >= 15 is 0 Å². The summed E-state index contributed by atoms with van der Waals surface area (Å²) in [5.74, 6) is -1.26. The van der Waals surface area contributed by atoms with Crippen LogP contribution in [-0.2, 0) is 21.2 Å². The Morgan fingerprint density at radius 3 is 2.24 bits per heavy atom. The average molecular weight is 477 g/mol. The van der Waals surface area contributed by atoms with Crippen LogP contribution < -0.4 is 15.6 Å². The molecule has 0 radical (unpaired) electrons. The molecule has 2 amide bonds. The highest BCUT2D eigenvalue weighted by Gasteiger charge is 2.30. The van der Waals surface area contributed by atoms with Crippen molar-refractivity contribution in [2.24, 2.45) is 0 Å². The van der Waals surface area contributed by atoms with Gasteiger partial charge in [0.25, 0.3) is 5.91 Å². The fourth-order valence-corrected chi connectivity index (χ4v) is 4.71. The van der Waals surface area contributed by atoms with Gasteiger partial charge >= 0.3 is 0 Å². The monoisotopic (exact) mass is 475 g/mol. The number of amides is 2. The number of halogens is 3. The van der Waals surface area contributed by atoms with Crippen LogP contribution >= 0.6 is 34.8 Å². The summed E-state index contributed by atoms with van der Waals surface area (Å²) in [5.41, 5.74) is 5.03. The van der Waals surface area contributed by atoms with E-state index in [4.69, 9.17) is 34.8 Å². The molecule has 154 valence electrons. The summed E-state index contributed by atoms with van der Waals surface area (Å²) in [6.07, 6.45) is 1.51. The lowest BCUT2D eigenvalue weighted by Crippen LogP contribution is -2.42. The van der Waals surface area contributed by atoms with Crippen LogP contribution in [0, 0.1) is 0 Å². The summed E-state index contributed by atoms with van der Waals surface area (Å²) < 4.78 is 27.4. The zero-order valence-corrected chi connectivity index (χ0v) is 17.9. The third-order valence-corrected chi connectivity index (χ3v) is 6.60. The van der Waals surface area contributed by atoms with Crippen LogP contribution in [0.15, 0.2) is 41.3 Å². The minimum Gasteiger partial charge on any atom is -0.273 e. The first-order valence-corrected chi connectivity index (χ1v) is 11.1. The van der Waals surface area contributed by atoms with Crippen LogP contribution in [0.1, 0.15) is 28.8 Å². The molecule has 1 aliphatic carbocycles. The first-order chi connectivity index (χ1) is 13.7. The van der Waals surface area contributed by atoms with Gasteiger partial charge in [0.15, 0.2) is 0 Å². The van der Waals surface area contributed by atoms with Crippen molar-refractivity contribution < 1.29 is 18.0 Å². The molecule has 7 nitrogen and oxygen atoms in total. The van der Waals surface area contributed by atoms with Gasteiger partial charge in [0, 0.05) is 11.1 Å². The summed E-state index contributed by atoms with van der Waals surface area (Å²) in [7, 11) is -3.89. The van der Waals surface area contributed by atoms with Crippen molar-refractivity contribution in [2.45, 2.75) is 30.2 Å². The lowest BCUT2D eigenvalue weighted by Gasteiger charge is -2.12. The predicted molar refractivity (Wildman–Crippen MR) is 111 cm³/mol. The second-order valence-corrected chi connectivity index (χ2v) is 9.40. The van der Waals surface area contributed by atoms with E-state index < -0.39 is 21.8 Å². The molecule has 3 N–H and O–H groups in total. The van der Waals surface area contributed by atoms with E-state index in [0.29, 0.717) is 10.6 Å². The minimum absolute atomic E-state index is 0.0107. The number of carbonyl (C=O) groups excluding carboxylic acids is 2. The van der Waals surface area contributed by atoms with Crippen LogP contribution in [0.3, 0.4) is 0 Å². The van der Waals surface area contributed by atoms with Crippen molar-refractivity contribution in [3.63, 3.8) is 0 Å². The first-order valence-electron chi connectivity index (χ1n) is 8.51. The maximum absolute atomic E-state index is 12.4. The van der Waals surface area contributed by atoms with Gasteiger partial charge in [-0.15, -0.1) is 0 Å². The van der Waals surface area contributed by atoms with E-state index in [0.717, 1.165) is 18.9 Å². The topological polar surface area (TPSA) is 104 Å². The minimum atomic E-state index is -3.89. The van der Waals surface area contributed by atoms with Crippen molar-refractivity contribution in [1.82, 2.24) is 15.6 Å². The Morgan fingerprint density at radius 2 is 1.62 bits per heavy atom. The molecule has 11 heteroatoms. The maximum atomic E-state index is 12.4. The number of rotatable bonds is 6. The number of hydrogen-bond donors (Lipinski definition) is 3. The molecule has 1 saturated carbocycles. The smallest absolute Gasteiger partial charge is 0.271 e. The molecular weight excluding hydrogens is 461 g/mol. The Hall–Kier alpha value is -1.84. The van der Waals surface area contributed by atoms with Crippen molar-refractivity contribution in [1.29, 1.82) is 0 Å². The van der Waals surface area contributed by atoms with E-state index in [1.54, 1.807) is 24.3 Å². The molecule has 2 aromatic carbocycles. The fourth-order valence-electron chi connectivity index (χ4n) is 2.42. The summed E-state index contributed by atoms with van der Waals surface area (Å²) >= 11 is 17.8. The van der Waals surface area contributed by atoms with E-state index in [9.17, 15) is 18.0 Å². The van der Waals surface area contributed by atoms with Crippen molar-refractivity contribution in [3.8, 4) is 0 Å². The largest absolute Gasteiger partial charge is 0.273 e. The molecule has 1 fully saturated rings. The number of nitrogens with one attached hydrogen (secondary N) is 3. The third kappa shape index (κ3) is 5.83. The van der Waals surface area contributed by atoms with Gasteiger partial charge in [0.05, 0.1) is 22.0 Å². The van der Waals surface area contributed by atoms with Crippen molar-refractivity contribution in [2.75, 3.05) is 0 Å². The zero-order chi connectivity index (χ0) is 21.2.